The third-order valence-electron chi connectivity index (χ3n) is 3.78. The molecule has 1 atom stereocenters. The van der Waals surface area contributed by atoms with Crippen LogP contribution in [-0.2, 0) is 0 Å². The summed E-state index contributed by atoms with van der Waals surface area (Å²) in [7, 11) is 0. The molecule has 0 saturated carbocycles. The van der Waals surface area contributed by atoms with Gasteiger partial charge in [-0.05, 0) is 41.0 Å². The molecule has 2 aromatic carbocycles. The van der Waals surface area contributed by atoms with Gasteiger partial charge >= 0.3 is 0 Å². The molecule has 0 aliphatic rings. The zero-order valence-corrected chi connectivity index (χ0v) is 13.6. The summed E-state index contributed by atoms with van der Waals surface area (Å²) in [5, 5.41) is 2.52. The molecule has 1 unspecified atom stereocenters. The number of nitrogens with two attached hydrogens (primary N) is 1. The van der Waals surface area contributed by atoms with Crippen LogP contribution < -0.4 is 11.3 Å². The fraction of sp³-hybridized carbons (Fsp3) is 0.412. The lowest BCUT2D eigenvalue weighted by Crippen LogP contribution is -2.27. The molecule has 0 spiro atoms. The van der Waals surface area contributed by atoms with E-state index < -0.39 is 0 Å². The number of benzene rings is 2. The second kappa shape index (κ2) is 7.77. The van der Waals surface area contributed by atoms with Crippen LogP contribution in [0, 0.1) is 0 Å². The molecular weight excluding hydrogens is 312 g/mol. The number of fused-ring (bicyclic) bond motifs is 1. The molecule has 0 saturated heterocycles. The summed E-state index contributed by atoms with van der Waals surface area (Å²) in [4.78, 5) is 0. The van der Waals surface area contributed by atoms with E-state index in [1.807, 2.05) is 0 Å². The average Bonchev–Trinajstić information content (AvgIpc) is 2.47. The van der Waals surface area contributed by atoms with Gasteiger partial charge in [0.2, 0.25) is 0 Å². The molecular formula is C17H23BrN2. The second-order valence-electron chi connectivity index (χ2n) is 5.32. The molecule has 20 heavy (non-hydrogen) atoms. The van der Waals surface area contributed by atoms with Gasteiger partial charge in [-0.3, -0.25) is 11.3 Å². The minimum atomic E-state index is 0.250. The first-order chi connectivity index (χ1) is 9.74. The van der Waals surface area contributed by atoms with Gasteiger partial charge in [0.15, 0.2) is 0 Å². The Morgan fingerprint density at radius 1 is 1.05 bits per heavy atom. The van der Waals surface area contributed by atoms with Crippen molar-refractivity contribution in [3.63, 3.8) is 0 Å². The lowest BCUT2D eigenvalue weighted by Gasteiger charge is -2.17. The molecule has 0 fully saturated rings. The molecule has 0 aliphatic carbocycles. The van der Waals surface area contributed by atoms with Crippen molar-refractivity contribution in [1.82, 2.24) is 5.43 Å². The Bertz CT molecular complexity index is 554. The van der Waals surface area contributed by atoms with Gasteiger partial charge in [-0.15, -0.1) is 0 Å². The lowest BCUT2D eigenvalue weighted by atomic mass is 9.98. The summed E-state index contributed by atoms with van der Waals surface area (Å²) in [5.41, 5.74) is 4.24. The highest BCUT2D eigenvalue weighted by atomic mass is 79.9. The normalized spacial score (nSPS) is 12.8. The Labute approximate surface area is 129 Å². The van der Waals surface area contributed by atoms with E-state index in [1.54, 1.807) is 0 Å². The van der Waals surface area contributed by atoms with Crippen molar-refractivity contribution in [2.75, 3.05) is 0 Å². The topological polar surface area (TPSA) is 38.0 Å². The van der Waals surface area contributed by atoms with E-state index >= 15 is 0 Å². The van der Waals surface area contributed by atoms with Gasteiger partial charge in [0.1, 0.15) is 0 Å². The lowest BCUT2D eigenvalue weighted by molar-refractivity contribution is 0.482. The fourth-order valence-electron chi connectivity index (χ4n) is 2.57. The minimum absolute atomic E-state index is 0.250. The minimum Gasteiger partial charge on any atom is -0.271 e. The zero-order chi connectivity index (χ0) is 14.4. The first-order valence-corrected chi connectivity index (χ1v) is 8.19. The highest BCUT2D eigenvalue weighted by Crippen LogP contribution is 2.25. The molecule has 0 heterocycles. The number of hydrogen-bond donors (Lipinski definition) is 2. The molecule has 2 rings (SSSR count). The summed E-state index contributed by atoms with van der Waals surface area (Å²) >= 11 is 3.51. The van der Waals surface area contributed by atoms with Crippen molar-refractivity contribution in [2.45, 2.75) is 45.1 Å². The number of unbranched alkanes of at least 4 members (excludes halogenated alkanes) is 3. The first kappa shape index (κ1) is 15.5. The van der Waals surface area contributed by atoms with Crippen molar-refractivity contribution in [1.29, 1.82) is 0 Å². The van der Waals surface area contributed by atoms with Crippen LogP contribution in [0.15, 0.2) is 40.9 Å². The quantitative estimate of drug-likeness (QED) is 0.421. The second-order valence-corrected chi connectivity index (χ2v) is 6.24. The maximum absolute atomic E-state index is 5.73. The van der Waals surface area contributed by atoms with Gasteiger partial charge in [-0.1, -0.05) is 66.7 Å². The largest absolute Gasteiger partial charge is 0.271 e. The van der Waals surface area contributed by atoms with Crippen LogP contribution in [0.3, 0.4) is 0 Å². The van der Waals surface area contributed by atoms with E-state index in [0.717, 1.165) is 10.9 Å². The van der Waals surface area contributed by atoms with Crippen LogP contribution in [0.5, 0.6) is 0 Å². The van der Waals surface area contributed by atoms with Crippen LogP contribution in [0.1, 0.15) is 50.6 Å². The molecule has 3 N–H and O–H groups in total. The Morgan fingerprint density at radius 2 is 1.80 bits per heavy atom. The molecule has 2 nitrogen and oxygen atoms in total. The number of rotatable bonds is 7. The maximum atomic E-state index is 5.73. The highest BCUT2D eigenvalue weighted by molar-refractivity contribution is 9.10. The number of halogens is 1. The molecule has 0 aliphatic heterocycles. The Balaban J connectivity index is 2.11. The van der Waals surface area contributed by atoms with E-state index in [2.05, 4.69) is 64.7 Å². The van der Waals surface area contributed by atoms with E-state index in [-0.39, 0.29) is 6.04 Å². The Kier molecular flexibility index (Phi) is 6.02. The van der Waals surface area contributed by atoms with E-state index in [4.69, 9.17) is 5.84 Å². The third kappa shape index (κ3) is 4.05. The summed E-state index contributed by atoms with van der Waals surface area (Å²) in [6.45, 7) is 2.24. The van der Waals surface area contributed by atoms with Gasteiger partial charge < -0.3 is 0 Å². The molecule has 0 aromatic heterocycles. The molecule has 3 heteroatoms. The van der Waals surface area contributed by atoms with Crippen molar-refractivity contribution in [3.05, 3.63) is 46.4 Å². The maximum Gasteiger partial charge on any atom is 0.0460 e. The van der Waals surface area contributed by atoms with Gasteiger partial charge in [0, 0.05) is 10.5 Å². The molecule has 0 bridgehead atoms. The summed E-state index contributed by atoms with van der Waals surface area (Å²) < 4.78 is 1.12. The predicted octanol–water partition coefficient (Wildman–Crippen LogP) is 5.08. The number of nitrogens with one attached hydrogen (secondary N) is 1. The van der Waals surface area contributed by atoms with Gasteiger partial charge in [0.25, 0.3) is 0 Å². The van der Waals surface area contributed by atoms with Gasteiger partial charge in [0.05, 0.1) is 0 Å². The summed E-state index contributed by atoms with van der Waals surface area (Å²) in [6, 6.07) is 13.2. The predicted molar refractivity (Wildman–Crippen MR) is 90.5 cm³/mol. The number of hydrogen-bond acceptors (Lipinski definition) is 2. The molecule has 0 radical (unpaired) electrons. The SMILES string of the molecule is CCCCCCC(NN)c1ccc2cc(Br)ccc2c1. The van der Waals surface area contributed by atoms with E-state index in [1.165, 1.54) is 42.0 Å². The van der Waals surface area contributed by atoms with Crippen LogP contribution in [-0.4, -0.2) is 0 Å². The van der Waals surface area contributed by atoms with E-state index in [9.17, 15) is 0 Å². The van der Waals surface area contributed by atoms with Crippen molar-refractivity contribution in [3.8, 4) is 0 Å². The molecule has 2 aromatic rings. The standard InChI is InChI=1S/C17H23BrN2/c1-2-3-4-5-6-17(20-19)15-8-7-14-12-16(18)10-9-13(14)11-15/h7-12,17,20H,2-6,19H2,1H3. The summed E-state index contributed by atoms with van der Waals surface area (Å²) in [5.74, 6) is 5.73. The van der Waals surface area contributed by atoms with Crippen LogP contribution in [0.25, 0.3) is 10.8 Å². The average molecular weight is 335 g/mol. The van der Waals surface area contributed by atoms with Crippen LogP contribution >= 0.6 is 15.9 Å². The third-order valence-corrected chi connectivity index (χ3v) is 4.27. The van der Waals surface area contributed by atoms with Crippen molar-refractivity contribution >= 4 is 26.7 Å². The van der Waals surface area contributed by atoms with Crippen LogP contribution in [0.4, 0.5) is 0 Å². The zero-order valence-electron chi connectivity index (χ0n) is 12.0. The smallest absolute Gasteiger partial charge is 0.0460 e. The molecule has 108 valence electrons. The fourth-order valence-corrected chi connectivity index (χ4v) is 2.95. The van der Waals surface area contributed by atoms with Crippen molar-refractivity contribution < 1.29 is 0 Å². The van der Waals surface area contributed by atoms with E-state index in [0.29, 0.717) is 0 Å². The Hall–Kier alpha value is -0.900. The summed E-state index contributed by atoms with van der Waals surface area (Å²) in [6.07, 6.45) is 6.18. The molecule has 0 amide bonds. The Morgan fingerprint density at radius 3 is 2.55 bits per heavy atom. The monoisotopic (exact) mass is 334 g/mol. The van der Waals surface area contributed by atoms with Gasteiger partial charge in [-0.25, -0.2) is 0 Å². The first-order valence-electron chi connectivity index (χ1n) is 7.40. The van der Waals surface area contributed by atoms with Crippen molar-refractivity contribution in [2.24, 2.45) is 5.84 Å². The van der Waals surface area contributed by atoms with Crippen LogP contribution in [0.2, 0.25) is 0 Å². The van der Waals surface area contributed by atoms with Gasteiger partial charge in [-0.2, -0.15) is 0 Å². The number of hydrazine groups is 1. The highest BCUT2D eigenvalue weighted by Gasteiger charge is 2.09.